The number of nitrogen functional groups attached to an aromatic ring is 1. The summed E-state index contributed by atoms with van der Waals surface area (Å²) in [5.74, 6) is 0.551. The molecular formula is C23H22FN7O. The molecule has 2 N–H and O–H groups in total. The number of hydrogen-bond donors (Lipinski definition) is 1. The fourth-order valence-electron chi connectivity index (χ4n) is 4.03. The lowest BCUT2D eigenvalue weighted by Gasteiger charge is -2.40. The van der Waals surface area contributed by atoms with Gasteiger partial charge in [-0.05, 0) is 36.4 Å². The van der Waals surface area contributed by atoms with E-state index in [1.807, 2.05) is 24.5 Å². The summed E-state index contributed by atoms with van der Waals surface area (Å²) < 4.78 is 21.0. The number of anilines is 1. The Morgan fingerprint density at radius 1 is 1.06 bits per heavy atom. The molecule has 1 fully saturated rings. The van der Waals surface area contributed by atoms with E-state index in [0.29, 0.717) is 11.6 Å². The second kappa shape index (κ2) is 8.35. The van der Waals surface area contributed by atoms with Crippen molar-refractivity contribution in [3.05, 3.63) is 72.6 Å². The number of rotatable bonds is 6. The van der Waals surface area contributed by atoms with Crippen molar-refractivity contribution >= 4 is 5.95 Å². The molecule has 0 radical (unpaired) electrons. The number of methoxy groups -OCH3 is 1. The maximum absolute atomic E-state index is 13.5. The second-order valence-corrected chi connectivity index (χ2v) is 7.68. The minimum Gasteiger partial charge on any atom is -0.481 e. The van der Waals surface area contributed by atoms with Crippen molar-refractivity contribution in [2.24, 2.45) is 0 Å². The van der Waals surface area contributed by atoms with Crippen molar-refractivity contribution in [3.63, 3.8) is 0 Å². The fraction of sp³-hybridized carbons (Fsp3) is 0.217. The van der Waals surface area contributed by atoms with Crippen LogP contribution in [0.15, 0.2) is 61.2 Å². The molecule has 8 nitrogen and oxygen atoms in total. The van der Waals surface area contributed by atoms with E-state index in [0.717, 1.165) is 42.1 Å². The minimum absolute atomic E-state index is 0.194. The number of aromatic nitrogens is 5. The van der Waals surface area contributed by atoms with Crippen LogP contribution in [0.4, 0.5) is 10.3 Å². The summed E-state index contributed by atoms with van der Waals surface area (Å²) in [7, 11) is 1.63. The van der Waals surface area contributed by atoms with Crippen LogP contribution in [0.25, 0.3) is 22.6 Å². The lowest BCUT2D eigenvalue weighted by atomic mass is 10.0. The lowest BCUT2D eigenvalue weighted by molar-refractivity contribution is 0.0985. The number of pyridine rings is 1. The van der Waals surface area contributed by atoms with Crippen LogP contribution in [-0.2, 0) is 6.54 Å². The van der Waals surface area contributed by atoms with Gasteiger partial charge in [-0.15, -0.1) is 0 Å². The first-order chi connectivity index (χ1) is 15.6. The van der Waals surface area contributed by atoms with Crippen molar-refractivity contribution in [2.45, 2.75) is 12.6 Å². The van der Waals surface area contributed by atoms with Gasteiger partial charge in [0.2, 0.25) is 11.8 Å². The monoisotopic (exact) mass is 431 g/mol. The highest BCUT2D eigenvalue weighted by atomic mass is 19.1. The van der Waals surface area contributed by atoms with Crippen LogP contribution in [0.5, 0.6) is 5.88 Å². The van der Waals surface area contributed by atoms with Gasteiger partial charge in [-0.1, -0.05) is 6.07 Å². The van der Waals surface area contributed by atoms with Gasteiger partial charge in [0.05, 0.1) is 36.6 Å². The summed E-state index contributed by atoms with van der Waals surface area (Å²) in [5.41, 5.74) is 9.97. The number of likely N-dealkylation sites (tertiary alicyclic amines) is 1. The molecule has 32 heavy (non-hydrogen) atoms. The molecule has 1 aromatic carbocycles. The van der Waals surface area contributed by atoms with Crippen molar-refractivity contribution in [1.29, 1.82) is 0 Å². The van der Waals surface area contributed by atoms with E-state index in [2.05, 4.69) is 29.4 Å². The Morgan fingerprint density at radius 3 is 2.62 bits per heavy atom. The Labute approximate surface area is 184 Å². The molecule has 1 saturated heterocycles. The topological polar surface area (TPSA) is 95.0 Å². The molecule has 1 aliphatic heterocycles. The Hall–Kier alpha value is -3.85. The Morgan fingerprint density at radius 2 is 1.88 bits per heavy atom. The Balaban J connectivity index is 1.44. The van der Waals surface area contributed by atoms with Crippen LogP contribution in [-0.4, -0.2) is 49.6 Å². The van der Waals surface area contributed by atoms with Crippen molar-refractivity contribution in [1.82, 2.24) is 29.4 Å². The Kier molecular flexibility index (Phi) is 5.24. The zero-order chi connectivity index (χ0) is 22.1. The highest BCUT2D eigenvalue weighted by molar-refractivity contribution is 5.77. The van der Waals surface area contributed by atoms with E-state index >= 15 is 0 Å². The first kappa shape index (κ1) is 20.1. The minimum atomic E-state index is -0.290. The average Bonchev–Trinajstić information content (AvgIpc) is 3.21. The molecule has 0 spiro atoms. The fourth-order valence-corrected chi connectivity index (χ4v) is 4.03. The second-order valence-electron chi connectivity index (χ2n) is 7.68. The van der Waals surface area contributed by atoms with Gasteiger partial charge in [0.15, 0.2) is 0 Å². The normalized spacial score (nSPS) is 14.3. The molecule has 5 rings (SSSR count). The third-order valence-corrected chi connectivity index (χ3v) is 5.60. The highest BCUT2D eigenvalue weighted by Crippen LogP contribution is 2.35. The molecule has 1 aliphatic rings. The summed E-state index contributed by atoms with van der Waals surface area (Å²) in [4.78, 5) is 19.7. The lowest BCUT2D eigenvalue weighted by Crippen LogP contribution is -2.47. The maximum atomic E-state index is 13.5. The van der Waals surface area contributed by atoms with E-state index in [-0.39, 0.29) is 17.8 Å². The highest BCUT2D eigenvalue weighted by Gasteiger charge is 2.32. The molecule has 162 valence electrons. The standard InChI is InChI=1S/C23H22FN7O/c1-32-22-16(3-2-9-26-22)11-30-12-18(13-30)31-14-28-20(15-4-6-17(24)7-5-15)21(31)19-8-10-27-23(25)29-19/h2-10,14,18H,11-13H2,1H3,(H2,25,27,29). The van der Waals surface area contributed by atoms with Gasteiger partial charge in [-0.2, -0.15) is 0 Å². The van der Waals surface area contributed by atoms with E-state index in [9.17, 15) is 4.39 Å². The smallest absolute Gasteiger partial charge is 0.220 e. The summed E-state index contributed by atoms with van der Waals surface area (Å²) in [6.45, 7) is 2.43. The predicted octanol–water partition coefficient (Wildman–Crippen LogP) is 3.19. The third kappa shape index (κ3) is 3.78. The SMILES string of the molecule is COc1ncccc1CN1CC(n2cnc(-c3ccc(F)cc3)c2-c2ccnc(N)n2)C1. The molecule has 0 atom stereocenters. The first-order valence-corrected chi connectivity index (χ1v) is 10.2. The van der Waals surface area contributed by atoms with Crippen LogP contribution in [0.3, 0.4) is 0 Å². The van der Waals surface area contributed by atoms with Crippen LogP contribution < -0.4 is 10.5 Å². The zero-order valence-electron chi connectivity index (χ0n) is 17.5. The zero-order valence-corrected chi connectivity index (χ0v) is 17.5. The van der Waals surface area contributed by atoms with Gasteiger partial charge in [0.25, 0.3) is 0 Å². The number of imidazole rings is 1. The van der Waals surface area contributed by atoms with Crippen molar-refractivity contribution in [3.8, 4) is 28.5 Å². The summed E-state index contributed by atoms with van der Waals surface area (Å²) >= 11 is 0. The van der Waals surface area contributed by atoms with Crippen LogP contribution >= 0.6 is 0 Å². The largest absolute Gasteiger partial charge is 0.481 e. The molecular weight excluding hydrogens is 409 g/mol. The van der Waals surface area contributed by atoms with E-state index in [4.69, 9.17) is 10.5 Å². The number of nitrogens with two attached hydrogens (primary N) is 1. The summed E-state index contributed by atoms with van der Waals surface area (Å²) in [5, 5.41) is 0. The first-order valence-electron chi connectivity index (χ1n) is 10.2. The van der Waals surface area contributed by atoms with Crippen molar-refractivity contribution in [2.75, 3.05) is 25.9 Å². The van der Waals surface area contributed by atoms with E-state index in [1.165, 1.54) is 12.1 Å². The number of nitrogens with zero attached hydrogens (tertiary/aromatic N) is 6. The van der Waals surface area contributed by atoms with Gasteiger partial charge >= 0.3 is 0 Å². The quantitative estimate of drug-likeness (QED) is 0.501. The predicted molar refractivity (Wildman–Crippen MR) is 118 cm³/mol. The molecule has 0 aliphatic carbocycles. The van der Waals surface area contributed by atoms with Gasteiger partial charge in [0, 0.05) is 43.2 Å². The summed E-state index contributed by atoms with van der Waals surface area (Å²) in [6.07, 6.45) is 5.17. The van der Waals surface area contributed by atoms with E-state index in [1.54, 1.807) is 31.6 Å². The van der Waals surface area contributed by atoms with E-state index < -0.39 is 0 Å². The third-order valence-electron chi connectivity index (χ3n) is 5.60. The molecule has 9 heteroatoms. The molecule has 0 unspecified atom stereocenters. The van der Waals surface area contributed by atoms with Gasteiger partial charge in [-0.25, -0.2) is 24.3 Å². The molecule has 0 amide bonds. The number of benzene rings is 1. The number of halogens is 1. The molecule has 4 heterocycles. The van der Waals surface area contributed by atoms with Crippen LogP contribution in [0.1, 0.15) is 11.6 Å². The number of ether oxygens (including phenoxy) is 1. The van der Waals surface area contributed by atoms with Crippen LogP contribution in [0, 0.1) is 5.82 Å². The van der Waals surface area contributed by atoms with Crippen molar-refractivity contribution < 1.29 is 9.13 Å². The van der Waals surface area contributed by atoms with Gasteiger partial charge in [0.1, 0.15) is 5.82 Å². The molecule has 4 aromatic rings. The maximum Gasteiger partial charge on any atom is 0.220 e. The van der Waals surface area contributed by atoms with Gasteiger partial charge < -0.3 is 15.0 Å². The van der Waals surface area contributed by atoms with Crippen LogP contribution in [0.2, 0.25) is 0 Å². The Bertz CT molecular complexity index is 1240. The molecule has 0 saturated carbocycles. The molecule has 0 bridgehead atoms. The van der Waals surface area contributed by atoms with Gasteiger partial charge in [-0.3, -0.25) is 4.90 Å². The summed E-state index contributed by atoms with van der Waals surface area (Å²) in [6, 6.07) is 12.3. The number of hydrogen-bond acceptors (Lipinski definition) is 7. The molecule has 3 aromatic heterocycles. The average molecular weight is 431 g/mol.